The van der Waals surface area contributed by atoms with Crippen molar-refractivity contribution in [3.63, 3.8) is 0 Å². The van der Waals surface area contributed by atoms with Gasteiger partial charge in [0.2, 0.25) is 5.91 Å². The summed E-state index contributed by atoms with van der Waals surface area (Å²) in [6, 6.07) is -0.992. The van der Waals surface area contributed by atoms with Crippen LogP contribution in [0, 0.1) is 0 Å². The van der Waals surface area contributed by atoms with Gasteiger partial charge in [0.1, 0.15) is 73.2 Å². The molecule has 1 amide bonds. The van der Waals surface area contributed by atoms with Gasteiger partial charge in [-0.2, -0.15) is 0 Å². The third-order valence-electron chi connectivity index (χ3n) is 21.1. The van der Waals surface area contributed by atoms with Gasteiger partial charge in [0, 0.05) is 6.42 Å². The average molecular weight is 1470 g/mol. The SMILES string of the molecule is CCCCCCC/C=C\C/C=C\CCCCCCCCCCCCCCCCCCCC(=O)NC(COC1OC(CO)C(OC2OC(CO)C(OC3OC(CO)C(O)C(O)C3O)C(O)C2O)C(O)C1O)C(O)/C=C/CC/C=C/CCCCCCCCCCCCCCCCCCCCCCCCC. The van der Waals surface area contributed by atoms with E-state index < -0.39 is 124 Å². The third-order valence-corrected chi connectivity index (χ3v) is 21.1. The van der Waals surface area contributed by atoms with Crippen molar-refractivity contribution in [3.05, 3.63) is 48.6 Å². The number of rotatable bonds is 68. The van der Waals surface area contributed by atoms with Crippen LogP contribution in [0.4, 0.5) is 0 Å². The molecule has 3 aliphatic rings. The molecule has 17 atom stereocenters. The number of hydrogen-bond acceptors (Lipinski definition) is 18. The van der Waals surface area contributed by atoms with Crippen molar-refractivity contribution >= 4 is 5.91 Å². The van der Waals surface area contributed by atoms with E-state index in [1.165, 1.54) is 270 Å². The molecular formula is C84H155NO18. The fourth-order valence-corrected chi connectivity index (χ4v) is 14.3. The molecular weight excluding hydrogens is 1310 g/mol. The summed E-state index contributed by atoms with van der Waals surface area (Å²) in [5.41, 5.74) is 0. The summed E-state index contributed by atoms with van der Waals surface area (Å²) < 4.78 is 34.5. The van der Waals surface area contributed by atoms with Gasteiger partial charge in [-0.1, -0.05) is 326 Å². The topological polar surface area (TPSA) is 307 Å². The summed E-state index contributed by atoms with van der Waals surface area (Å²) in [5.74, 6) is -0.280. The predicted octanol–water partition coefficient (Wildman–Crippen LogP) is 14.8. The van der Waals surface area contributed by atoms with Crippen LogP contribution in [0.3, 0.4) is 0 Å². The minimum Gasteiger partial charge on any atom is -0.394 e. The summed E-state index contributed by atoms with van der Waals surface area (Å²) in [6.07, 6.45) is 55.4. The van der Waals surface area contributed by atoms with E-state index in [4.69, 9.17) is 28.4 Å². The molecule has 0 saturated carbocycles. The smallest absolute Gasteiger partial charge is 0.220 e. The van der Waals surface area contributed by atoms with E-state index in [2.05, 4.69) is 55.6 Å². The highest BCUT2D eigenvalue weighted by Crippen LogP contribution is 2.33. The molecule has 0 aromatic carbocycles. The van der Waals surface area contributed by atoms with Crippen molar-refractivity contribution in [1.29, 1.82) is 0 Å². The van der Waals surface area contributed by atoms with Crippen LogP contribution in [0.5, 0.6) is 0 Å². The van der Waals surface area contributed by atoms with Gasteiger partial charge in [0.15, 0.2) is 18.9 Å². The van der Waals surface area contributed by atoms with Gasteiger partial charge in [-0.25, -0.2) is 0 Å². The second-order valence-corrected chi connectivity index (χ2v) is 30.3. The number of aliphatic hydroxyl groups is 11. The Hall–Kier alpha value is -2.25. The second kappa shape index (κ2) is 64.6. The maximum absolute atomic E-state index is 13.5. The molecule has 3 heterocycles. The van der Waals surface area contributed by atoms with Crippen molar-refractivity contribution in [1.82, 2.24) is 5.32 Å². The van der Waals surface area contributed by atoms with Crippen molar-refractivity contribution in [2.24, 2.45) is 0 Å². The van der Waals surface area contributed by atoms with Crippen LogP contribution in [-0.4, -0.2) is 193 Å². The number of nitrogens with one attached hydrogen (secondary N) is 1. The Morgan fingerprint density at radius 3 is 1.03 bits per heavy atom. The lowest BCUT2D eigenvalue weighted by Gasteiger charge is -2.48. The summed E-state index contributed by atoms with van der Waals surface area (Å²) in [6.45, 7) is 1.76. The number of allylic oxidation sites excluding steroid dienone is 7. The van der Waals surface area contributed by atoms with E-state index in [1.54, 1.807) is 6.08 Å². The van der Waals surface area contributed by atoms with Crippen molar-refractivity contribution in [2.75, 3.05) is 26.4 Å². The lowest BCUT2D eigenvalue weighted by atomic mass is 9.96. The van der Waals surface area contributed by atoms with Gasteiger partial charge in [0.25, 0.3) is 0 Å². The van der Waals surface area contributed by atoms with Gasteiger partial charge in [-0.3, -0.25) is 4.79 Å². The number of ether oxygens (including phenoxy) is 6. The molecule has 3 fully saturated rings. The molecule has 0 aliphatic carbocycles. The molecule has 12 N–H and O–H groups in total. The molecule has 19 nitrogen and oxygen atoms in total. The zero-order valence-corrected chi connectivity index (χ0v) is 64.8. The minimum atomic E-state index is -1.98. The first kappa shape index (κ1) is 95.0. The average Bonchev–Trinajstić information content (AvgIpc) is 0.781. The molecule has 3 rings (SSSR count). The Morgan fingerprint density at radius 2 is 0.650 bits per heavy atom. The van der Waals surface area contributed by atoms with Gasteiger partial charge in [-0.15, -0.1) is 0 Å². The number of hydrogen-bond donors (Lipinski definition) is 12. The van der Waals surface area contributed by atoms with E-state index in [0.717, 1.165) is 44.9 Å². The molecule has 0 aromatic heterocycles. The van der Waals surface area contributed by atoms with Crippen LogP contribution in [0.25, 0.3) is 0 Å². The monoisotopic (exact) mass is 1470 g/mol. The summed E-state index contributed by atoms with van der Waals surface area (Å²) in [5, 5.41) is 121. The molecule has 0 spiro atoms. The highest BCUT2D eigenvalue weighted by Gasteiger charge is 2.54. The number of aliphatic hydroxyl groups excluding tert-OH is 11. The van der Waals surface area contributed by atoms with Crippen LogP contribution in [0.2, 0.25) is 0 Å². The summed E-state index contributed by atoms with van der Waals surface area (Å²) >= 11 is 0. The van der Waals surface area contributed by atoms with Crippen LogP contribution in [-0.2, 0) is 33.2 Å². The largest absolute Gasteiger partial charge is 0.394 e. The van der Waals surface area contributed by atoms with Gasteiger partial charge >= 0.3 is 0 Å². The highest BCUT2D eigenvalue weighted by molar-refractivity contribution is 5.76. The Kier molecular flexibility index (Phi) is 59.5. The van der Waals surface area contributed by atoms with E-state index in [1.807, 2.05) is 6.08 Å². The lowest BCUT2D eigenvalue weighted by Crippen LogP contribution is -2.66. The summed E-state index contributed by atoms with van der Waals surface area (Å²) in [7, 11) is 0. The third kappa shape index (κ3) is 44.3. The minimum absolute atomic E-state index is 0.237. The van der Waals surface area contributed by atoms with Crippen LogP contribution >= 0.6 is 0 Å². The molecule has 0 bridgehead atoms. The molecule has 3 aliphatic heterocycles. The Balaban J connectivity index is 1.37. The first-order valence-corrected chi connectivity index (χ1v) is 42.4. The quantitative estimate of drug-likeness (QED) is 0.0199. The van der Waals surface area contributed by atoms with E-state index in [-0.39, 0.29) is 18.9 Å². The summed E-state index contributed by atoms with van der Waals surface area (Å²) in [4.78, 5) is 13.5. The van der Waals surface area contributed by atoms with E-state index in [9.17, 15) is 61.0 Å². The molecule has 3 saturated heterocycles. The van der Waals surface area contributed by atoms with E-state index >= 15 is 0 Å². The number of carbonyl (C=O) groups is 1. The second-order valence-electron chi connectivity index (χ2n) is 30.3. The maximum Gasteiger partial charge on any atom is 0.220 e. The molecule has 103 heavy (non-hydrogen) atoms. The molecule has 604 valence electrons. The van der Waals surface area contributed by atoms with E-state index in [0.29, 0.717) is 12.8 Å². The fraction of sp³-hybridized carbons (Fsp3) is 0.893. The number of carbonyl (C=O) groups excluding carboxylic acids is 1. The lowest BCUT2D eigenvalue weighted by molar-refractivity contribution is -0.379. The van der Waals surface area contributed by atoms with Crippen LogP contribution < -0.4 is 5.32 Å². The van der Waals surface area contributed by atoms with Crippen LogP contribution in [0.15, 0.2) is 48.6 Å². The predicted molar refractivity (Wildman–Crippen MR) is 411 cm³/mol. The van der Waals surface area contributed by atoms with Crippen molar-refractivity contribution in [2.45, 2.75) is 452 Å². The fourth-order valence-electron chi connectivity index (χ4n) is 14.3. The van der Waals surface area contributed by atoms with Gasteiger partial charge < -0.3 is 89.9 Å². The van der Waals surface area contributed by atoms with Crippen molar-refractivity contribution in [3.8, 4) is 0 Å². The molecule has 0 radical (unpaired) electrons. The zero-order valence-electron chi connectivity index (χ0n) is 64.8. The van der Waals surface area contributed by atoms with Gasteiger partial charge in [0.05, 0.1) is 38.6 Å². The van der Waals surface area contributed by atoms with Gasteiger partial charge in [-0.05, 0) is 64.2 Å². The zero-order chi connectivity index (χ0) is 74.6. The standard InChI is InChI=1S/C84H155NO18/c1-3-5-7-9-11-13-15-17-19-21-23-25-27-29-31-33-35-37-39-41-43-45-47-49-51-53-55-57-59-61-68(89)67(85-72(90)62-60-58-56-54-52-50-48-46-44-42-40-38-36-34-32-30-28-26-24-22-20-18-16-14-12-10-8-6-4-2)66-98-82-78(96)75(93)80(70(64-87)100-82)103-84-79(97)76(94)81(71(65-88)101-84)102-83-77(95)74(92)73(91)69(63-86)99-83/h16,18,22,24,51,53,59,61,67-71,73-84,86-89,91-97H,3-15,17,19-21,23,25-50,52,54-58,60,62-66H2,1-2H3,(H,85,90)/b18-16-,24-22-,53-51+,61-59+. The highest BCUT2D eigenvalue weighted by atomic mass is 16.8. The maximum atomic E-state index is 13.5. The number of amides is 1. The Morgan fingerprint density at radius 1 is 0.350 bits per heavy atom. The Bertz CT molecular complexity index is 2050. The first-order chi connectivity index (χ1) is 50.3. The molecule has 19 heteroatoms. The first-order valence-electron chi connectivity index (χ1n) is 42.4. The normalized spacial score (nSPS) is 26.2. The van der Waals surface area contributed by atoms with Crippen LogP contribution in [0.1, 0.15) is 348 Å². The van der Waals surface area contributed by atoms with Crippen molar-refractivity contribution < 1.29 is 89.4 Å². The Labute approximate surface area is 624 Å². The molecule has 17 unspecified atom stereocenters. The number of unbranched alkanes of at least 4 members (excludes halogenated alkanes) is 46. The molecule has 0 aromatic rings.